The molecule has 0 radical (unpaired) electrons. The Balaban J connectivity index is 1.64. The first-order valence-electron chi connectivity index (χ1n) is 10.6. The molecule has 0 saturated carbocycles. The molecule has 2 amide bonds. The molecule has 2 atom stereocenters. The Labute approximate surface area is 177 Å². The summed E-state index contributed by atoms with van der Waals surface area (Å²) in [7, 11) is 3.51. The number of rotatable bonds is 6. The van der Waals surface area contributed by atoms with E-state index in [1.807, 2.05) is 45.8 Å². The zero-order chi connectivity index (χ0) is 21.1. The van der Waals surface area contributed by atoms with Crippen molar-refractivity contribution in [3.63, 3.8) is 0 Å². The number of hydrogen-bond donors (Lipinski definition) is 0. The molecule has 0 N–H and O–H groups in total. The average molecular weight is 411 g/mol. The molecule has 2 aliphatic rings. The Morgan fingerprint density at radius 1 is 1.27 bits per heavy atom. The number of amides is 2. The topological polar surface area (TPSA) is 67.7 Å². The molecule has 0 aliphatic carbocycles. The van der Waals surface area contributed by atoms with Crippen molar-refractivity contribution in [3.8, 4) is 0 Å². The summed E-state index contributed by atoms with van der Waals surface area (Å²) in [6.45, 7) is 2.78. The Morgan fingerprint density at radius 3 is 2.77 bits per heavy atom. The summed E-state index contributed by atoms with van der Waals surface area (Å²) in [4.78, 5) is 30.5. The molecule has 4 rings (SSSR count). The van der Waals surface area contributed by atoms with Crippen molar-refractivity contribution in [3.05, 3.63) is 53.9 Å². The number of hydrogen-bond acceptors (Lipinski definition) is 4. The van der Waals surface area contributed by atoms with Crippen molar-refractivity contribution in [1.29, 1.82) is 0 Å². The van der Waals surface area contributed by atoms with Crippen molar-refractivity contribution in [2.24, 2.45) is 12.5 Å². The second-order valence-electron chi connectivity index (χ2n) is 8.42. The van der Waals surface area contributed by atoms with Crippen LogP contribution in [0, 0.1) is 5.41 Å². The molecule has 30 heavy (non-hydrogen) atoms. The van der Waals surface area contributed by atoms with Crippen LogP contribution in [0.4, 0.5) is 0 Å². The third-order valence-electron chi connectivity index (χ3n) is 6.61. The van der Waals surface area contributed by atoms with Gasteiger partial charge in [-0.05, 0) is 24.5 Å². The second-order valence-corrected chi connectivity index (χ2v) is 8.42. The number of likely N-dealkylation sites (tertiary alicyclic amines) is 2. The van der Waals surface area contributed by atoms with Crippen LogP contribution in [0.2, 0.25) is 0 Å². The minimum atomic E-state index is -0.594. The van der Waals surface area contributed by atoms with Gasteiger partial charge >= 0.3 is 0 Å². The summed E-state index contributed by atoms with van der Waals surface area (Å²) in [5.41, 5.74) is 1.56. The molecule has 1 spiro atoms. The van der Waals surface area contributed by atoms with Gasteiger partial charge in [0.25, 0.3) is 0 Å². The lowest BCUT2D eigenvalue weighted by atomic mass is 9.70. The zero-order valence-corrected chi connectivity index (χ0v) is 17.8. The number of carbonyl (C=O) groups excluding carboxylic acids is 2. The SMILES string of the molecule is COCCC(=O)N1C[C@@H](c2ccnn2C)[C@@]2(CCCN(Cc3ccccc3)C2=O)C1. The number of carbonyl (C=O) groups is 2. The number of methoxy groups -OCH3 is 1. The minimum Gasteiger partial charge on any atom is -0.384 e. The van der Waals surface area contributed by atoms with Crippen molar-refractivity contribution in [2.75, 3.05) is 33.4 Å². The van der Waals surface area contributed by atoms with Gasteiger partial charge in [0, 0.05) is 58.1 Å². The molecule has 1 aromatic carbocycles. The predicted octanol–water partition coefficient (Wildman–Crippen LogP) is 2.19. The highest BCUT2D eigenvalue weighted by Gasteiger charge is 2.56. The van der Waals surface area contributed by atoms with Crippen LogP contribution in [0.1, 0.15) is 36.4 Å². The van der Waals surface area contributed by atoms with E-state index in [9.17, 15) is 9.59 Å². The van der Waals surface area contributed by atoms with Gasteiger partial charge in [0.05, 0.1) is 18.4 Å². The number of aromatic nitrogens is 2. The monoisotopic (exact) mass is 410 g/mol. The van der Waals surface area contributed by atoms with E-state index in [0.717, 1.165) is 30.6 Å². The van der Waals surface area contributed by atoms with E-state index in [-0.39, 0.29) is 17.7 Å². The predicted molar refractivity (Wildman–Crippen MR) is 113 cm³/mol. The maximum atomic E-state index is 13.9. The highest BCUT2D eigenvalue weighted by Crippen LogP contribution is 2.49. The number of benzene rings is 1. The molecule has 7 nitrogen and oxygen atoms in total. The van der Waals surface area contributed by atoms with Crippen molar-refractivity contribution < 1.29 is 14.3 Å². The van der Waals surface area contributed by atoms with Gasteiger partial charge in [-0.3, -0.25) is 14.3 Å². The van der Waals surface area contributed by atoms with Gasteiger partial charge in [0.2, 0.25) is 11.8 Å². The molecule has 2 fully saturated rings. The lowest BCUT2D eigenvalue weighted by Gasteiger charge is -2.42. The molecule has 2 aromatic rings. The molecule has 0 bridgehead atoms. The molecule has 2 aliphatic heterocycles. The summed E-state index contributed by atoms with van der Waals surface area (Å²) in [6.07, 6.45) is 3.84. The highest BCUT2D eigenvalue weighted by molar-refractivity contribution is 5.87. The summed E-state index contributed by atoms with van der Waals surface area (Å²) in [5, 5.41) is 4.34. The zero-order valence-electron chi connectivity index (χ0n) is 17.8. The van der Waals surface area contributed by atoms with Gasteiger partial charge in [-0.25, -0.2) is 0 Å². The van der Waals surface area contributed by atoms with Gasteiger partial charge < -0.3 is 14.5 Å². The summed E-state index contributed by atoms with van der Waals surface area (Å²) >= 11 is 0. The first-order valence-corrected chi connectivity index (χ1v) is 10.6. The lowest BCUT2D eigenvalue weighted by molar-refractivity contribution is -0.147. The lowest BCUT2D eigenvalue weighted by Crippen LogP contribution is -2.52. The fourth-order valence-electron chi connectivity index (χ4n) is 5.08. The van der Waals surface area contributed by atoms with E-state index in [0.29, 0.717) is 32.7 Å². The molecule has 1 aromatic heterocycles. The van der Waals surface area contributed by atoms with E-state index in [1.54, 1.807) is 13.3 Å². The van der Waals surface area contributed by atoms with Gasteiger partial charge in [-0.2, -0.15) is 5.10 Å². The van der Waals surface area contributed by atoms with Crippen molar-refractivity contribution in [2.45, 2.75) is 31.7 Å². The summed E-state index contributed by atoms with van der Waals surface area (Å²) in [6, 6.07) is 12.1. The quantitative estimate of drug-likeness (QED) is 0.732. The first-order chi connectivity index (χ1) is 14.5. The Morgan fingerprint density at radius 2 is 2.07 bits per heavy atom. The second kappa shape index (κ2) is 8.60. The third-order valence-corrected chi connectivity index (χ3v) is 6.61. The standard InChI is InChI=1S/C23H30N4O3/c1-25-20(9-12-24-25)19-16-27(21(28)10-14-30-2)17-23(19)11-6-13-26(22(23)29)15-18-7-4-3-5-8-18/h3-5,7-9,12,19H,6,10-11,13-17H2,1-2H3/t19-,23+/m0/s1. The fraction of sp³-hybridized carbons (Fsp3) is 0.522. The fourth-order valence-corrected chi connectivity index (χ4v) is 5.08. The smallest absolute Gasteiger partial charge is 0.231 e. The number of nitrogens with zero attached hydrogens (tertiary/aromatic N) is 4. The van der Waals surface area contributed by atoms with Gasteiger partial charge in [-0.15, -0.1) is 0 Å². The minimum absolute atomic E-state index is 0.0499. The molecule has 2 saturated heterocycles. The molecule has 160 valence electrons. The van der Waals surface area contributed by atoms with Crippen molar-refractivity contribution in [1.82, 2.24) is 19.6 Å². The van der Waals surface area contributed by atoms with E-state index in [4.69, 9.17) is 4.74 Å². The highest BCUT2D eigenvalue weighted by atomic mass is 16.5. The number of ether oxygens (including phenoxy) is 1. The van der Waals surface area contributed by atoms with Crippen LogP contribution in [0.5, 0.6) is 0 Å². The normalized spacial score (nSPS) is 24.1. The van der Waals surface area contributed by atoms with Crippen LogP contribution in [-0.2, 0) is 27.9 Å². The Bertz CT molecular complexity index is 897. The van der Waals surface area contributed by atoms with Crippen LogP contribution in [0.3, 0.4) is 0 Å². The Kier molecular flexibility index (Phi) is 5.90. The molecule has 7 heteroatoms. The van der Waals surface area contributed by atoms with Gasteiger partial charge in [-0.1, -0.05) is 30.3 Å². The maximum absolute atomic E-state index is 13.9. The van der Waals surface area contributed by atoms with E-state index >= 15 is 0 Å². The number of aryl methyl sites for hydroxylation is 1. The van der Waals surface area contributed by atoms with E-state index in [2.05, 4.69) is 17.2 Å². The summed E-state index contributed by atoms with van der Waals surface area (Å²) in [5.74, 6) is 0.155. The van der Waals surface area contributed by atoms with Crippen LogP contribution in [0.25, 0.3) is 0 Å². The number of piperidine rings is 1. The van der Waals surface area contributed by atoms with E-state index in [1.165, 1.54) is 0 Å². The molecular weight excluding hydrogens is 380 g/mol. The maximum Gasteiger partial charge on any atom is 0.231 e. The van der Waals surface area contributed by atoms with Gasteiger partial charge in [0.15, 0.2) is 0 Å². The van der Waals surface area contributed by atoms with Crippen molar-refractivity contribution >= 4 is 11.8 Å². The van der Waals surface area contributed by atoms with Crippen LogP contribution < -0.4 is 0 Å². The van der Waals surface area contributed by atoms with Gasteiger partial charge in [0.1, 0.15) is 0 Å². The third kappa shape index (κ3) is 3.74. The first kappa shape index (κ1) is 20.6. The van der Waals surface area contributed by atoms with Crippen LogP contribution in [-0.4, -0.2) is 64.7 Å². The average Bonchev–Trinajstić information content (AvgIpc) is 3.34. The Hall–Kier alpha value is -2.67. The molecular formula is C23H30N4O3. The van der Waals surface area contributed by atoms with Crippen LogP contribution in [0.15, 0.2) is 42.6 Å². The largest absolute Gasteiger partial charge is 0.384 e. The van der Waals surface area contributed by atoms with E-state index < -0.39 is 5.41 Å². The van der Waals surface area contributed by atoms with Crippen LogP contribution >= 0.6 is 0 Å². The molecule has 3 heterocycles. The molecule has 0 unspecified atom stereocenters. The summed E-state index contributed by atoms with van der Waals surface area (Å²) < 4.78 is 6.94.